The Morgan fingerprint density at radius 3 is 2.55 bits per heavy atom. The summed E-state index contributed by atoms with van der Waals surface area (Å²) in [5.41, 5.74) is 4.82. The van der Waals surface area contributed by atoms with Crippen LogP contribution in [0.3, 0.4) is 0 Å². The fraction of sp³-hybridized carbons (Fsp3) is 0.333. The quantitative estimate of drug-likeness (QED) is 0.233. The number of hydrogen-bond donors (Lipinski definition) is 1. The number of ether oxygens (including phenoxy) is 2. The molecule has 1 aliphatic heterocycles. The summed E-state index contributed by atoms with van der Waals surface area (Å²) in [6, 6.07) is 25.0. The molecule has 0 unspecified atom stereocenters. The smallest absolute Gasteiger partial charge is 0.223 e. The lowest BCUT2D eigenvalue weighted by atomic mass is 9.89. The average Bonchev–Trinajstić information content (AvgIpc) is 3.41. The minimum Gasteiger partial charge on any atom is -0.438 e. The van der Waals surface area contributed by atoms with E-state index in [0.717, 1.165) is 71.9 Å². The van der Waals surface area contributed by atoms with E-state index in [1.165, 1.54) is 37.8 Å². The van der Waals surface area contributed by atoms with E-state index in [4.69, 9.17) is 19.4 Å². The maximum atomic E-state index is 6.48. The number of nitrogens with zero attached hydrogens (tertiary/aromatic N) is 4. The van der Waals surface area contributed by atoms with Crippen LogP contribution >= 0.6 is 0 Å². The van der Waals surface area contributed by atoms with Crippen LogP contribution in [0.5, 0.6) is 11.6 Å². The molecule has 3 aromatic carbocycles. The van der Waals surface area contributed by atoms with E-state index in [9.17, 15) is 0 Å². The largest absolute Gasteiger partial charge is 0.438 e. The summed E-state index contributed by atoms with van der Waals surface area (Å²) in [6.07, 6.45) is 8.46. The highest BCUT2D eigenvalue weighted by atomic mass is 16.5. The van der Waals surface area contributed by atoms with Gasteiger partial charge < -0.3 is 24.3 Å². The normalized spacial score (nSPS) is 16.4. The van der Waals surface area contributed by atoms with Crippen LogP contribution in [-0.2, 0) is 11.3 Å². The number of aromatic nitrogens is 3. The van der Waals surface area contributed by atoms with Crippen molar-refractivity contribution in [3.05, 3.63) is 79.1 Å². The fourth-order valence-electron chi connectivity index (χ4n) is 6.07. The molecule has 0 bridgehead atoms. The molecule has 2 aromatic heterocycles. The third-order valence-corrected chi connectivity index (χ3v) is 8.22. The second-order valence-electron chi connectivity index (χ2n) is 10.9. The molecule has 7 heteroatoms. The van der Waals surface area contributed by atoms with E-state index in [2.05, 4.69) is 57.2 Å². The molecule has 0 spiro atoms. The highest BCUT2D eigenvalue weighted by molar-refractivity contribution is 5.90. The van der Waals surface area contributed by atoms with Gasteiger partial charge in [-0.15, -0.1) is 0 Å². The second-order valence-corrected chi connectivity index (χ2v) is 10.9. The van der Waals surface area contributed by atoms with Gasteiger partial charge in [0.05, 0.1) is 25.2 Å². The lowest BCUT2D eigenvalue weighted by Gasteiger charge is -2.29. The van der Waals surface area contributed by atoms with Gasteiger partial charge in [0.1, 0.15) is 11.3 Å². The molecule has 0 atom stereocenters. The topological polar surface area (TPSA) is 64.4 Å². The fourth-order valence-corrected chi connectivity index (χ4v) is 6.07. The van der Waals surface area contributed by atoms with Gasteiger partial charge in [0.15, 0.2) is 5.65 Å². The number of hydrogen-bond acceptors (Lipinski definition) is 6. The third kappa shape index (κ3) is 5.21. The third-order valence-electron chi connectivity index (χ3n) is 8.22. The van der Waals surface area contributed by atoms with E-state index >= 15 is 0 Å². The summed E-state index contributed by atoms with van der Waals surface area (Å²) in [5, 5.41) is 5.82. The van der Waals surface area contributed by atoms with Crippen LogP contribution in [0.15, 0.2) is 79.1 Å². The Balaban J connectivity index is 1.23. The van der Waals surface area contributed by atoms with Crippen LogP contribution in [0, 0.1) is 5.92 Å². The Labute approximate surface area is 234 Å². The summed E-state index contributed by atoms with van der Waals surface area (Å²) in [6.45, 7) is 4.33. The summed E-state index contributed by atoms with van der Waals surface area (Å²) >= 11 is 0. The standard InChI is InChI=1S/C33H35N5O2/c1-2-7-24(8-3-1)22-38-23-34-32-29(35-26-13-15-27(16-14-26)37-17-19-39-20-18-37)21-31(36-33(32)38)40-30-12-6-10-25-9-4-5-11-28(25)30/h4-6,9-16,21,23-24H,1-3,7-8,17-20,22H2,(H,35,36). The monoisotopic (exact) mass is 533 g/mol. The van der Waals surface area contributed by atoms with Crippen molar-refractivity contribution in [1.82, 2.24) is 14.5 Å². The van der Waals surface area contributed by atoms with Gasteiger partial charge >= 0.3 is 0 Å². The van der Waals surface area contributed by atoms with Crippen molar-refractivity contribution in [3.63, 3.8) is 0 Å². The Kier molecular flexibility index (Phi) is 6.96. The Bertz CT molecular complexity index is 1600. The van der Waals surface area contributed by atoms with E-state index in [0.29, 0.717) is 11.8 Å². The molecule has 2 aliphatic rings. The van der Waals surface area contributed by atoms with Gasteiger partial charge in [0.2, 0.25) is 5.88 Å². The minimum absolute atomic E-state index is 0.557. The first-order valence-corrected chi connectivity index (χ1v) is 14.5. The van der Waals surface area contributed by atoms with Gasteiger partial charge in [-0.25, -0.2) is 4.98 Å². The molecule has 7 nitrogen and oxygen atoms in total. The minimum atomic E-state index is 0.557. The van der Waals surface area contributed by atoms with Crippen molar-refractivity contribution >= 4 is 39.0 Å². The van der Waals surface area contributed by atoms with Gasteiger partial charge in [-0.05, 0) is 54.5 Å². The summed E-state index contributed by atoms with van der Waals surface area (Å²) in [4.78, 5) is 12.2. The van der Waals surface area contributed by atoms with Crippen molar-refractivity contribution in [3.8, 4) is 11.6 Å². The zero-order valence-corrected chi connectivity index (χ0v) is 22.8. The van der Waals surface area contributed by atoms with Crippen LogP contribution in [0.25, 0.3) is 21.9 Å². The zero-order valence-electron chi connectivity index (χ0n) is 22.8. The van der Waals surface area contributed by atoms with Gasteiger partial charge in [-0.3, -0.25) is 0 Å². The first-order chi connectivity index (χ1) is 19.8. The zero-order chi connectivity index (χ0) is 26.7. The molecule has 0 amide bonds. The van der Waals surface area contributed by atoms with Crippen LogP contribution in [0.2, 0.25) is 0 Å². The first-order valence-electron chi connectivity index (χ1n) is 14.5. The van der Waals surface area contributed by atoms with Gasteiger partial charge in [-0.2, -0.15) is 4.98 Å². The van der Waals surface area contributed by atoms with Crippen molar-refractivity contribution in [2.75, 3.05) is 36.5 Å². The highest BCUT2D eigenvalue weighted by Gasteiger charge is 2.19. The Morgan fingerprint density at radius 2 is 1.70 bits per heavy atom. The molecule has 204 valence electrons. The number of fused-ring (bicyclic) bond motifs is 2. The number of imidazole rings is 1. The summed E-state index contributed by atoms with van der Waals surface area (Å²) in [5.74, 6) is 2.02. The molecule has 0 radical (unpaired) electrons. The number of pyridine rings is 1. The lowest BCUT2D eigenvalue weighted by molar-refractivity contribution is 0.122. The predicted octanol–water partition coefficient (Wildman–Crippen LogP) is 7.54. The molecule has 5 aromatic rings. The maximum absolute atomic E-state index is 6.48. The molecule has 1 N–H and O–H groups in total. The van der Waals surface area contributed by atoms with Crippen LogP contribution in [0.4, 0.5) is 17.1 Å². The Morgan fingerprint density at radius 1 is 0.900 bits per heavy atom. The summed E-state index contributed by atoms with van der Waals surface area (Å²) in [7, 11) is 0. The van der Waals surface area contributed by atoms with E-state index in [-0.39, 0.29) is 0 Å². The van der Waals surface area contributed by atoms with Crippen molar-refractivity contribution in [2.45, 2.75) is 38.6 Å². The molecule has 2 fully saturated rings. The number of nitrogens with one attached hydrogen (secondary N) is 1. The van der Waals surface area contributed by atoms with E-state index in [1.807, 2.05) is 36.7 Å². The molecular formula is C33H35N5O2. The van der Waals surface area contributed by atoms with Crippen LogP contribution < -0.4 is 15.0 Å². The first kappa shape index (κ1) is 24.9. The van der Waals surface area contributed by atoms with Crippen LogP contribution in [-0.4, -0.2) is 40.8 Å². The SMILES string of the molecule is c1ccc2c(Oc3cc(Nc4ccc(N5CCOCC5)cc4)c4ncn(CC5CCCCC5)c4n3)cccc2c1. The van der Waals surface area contributed by atoms with Crippen molar-refractivity contribution < 1.29 is 9.47 Å². The lowest BCUT2D eigenvalue weighted by Crippen LogP contribution is -2.36. The number of rotatable bonds is 7. The second kappa shape index (κ2) is 11.2. The molecule has 1 saturated heterocycles. The summed E-state index contributed by atoms with van der Waals surface area (Å²) < 4.78 is 14.2. The molecule has 3 heterocycles. The van der Waals surface area contributed by atoms with Crippen LogP contribution in [0.1, 0.15) is 32.1 Å². The van der Waals surface area contributed by atoms with Gasteiger partial charge in [0, 0.05) is 42.5 Å². The highest BCUT2D eigenvalue weighted by Crippen LogP contribution is 2.35. The van der Waals surface area contributed by atoms with Crippen molar-refractivity contribution in [2.24, 2.45) is 5.92 Å². The number of benzene rings is 3. The average molecular weight is 534 g/mol. The van der Waals surface area contributed by atoms with Crippen molar-refractivity contribution in [1.29, 1.82) is 0 Å². The number of morpholine rings is 1. The van der Waals surface area contributed by atoms with E-state index < -0.39 is 0 Å². The van der Waals surface area contributed by atoms with E-state index in [1.54, 1.807) is 0 Å². The molecule has 7 rings (SSSR count). The molecule has 1 saturated carbocycles. The molecular weight excluding hydrogens is 498 g/mol. The Hall–Kier alpha value is -4.10. The number of anilines is 3. The predicted molar refractivity (Wildman–Crippen MR) is 161 cm³/mol. The molecule has 40 heavy (non-hydrogen) atoms. The van der Waals surface area contributed by atoms with Gasteiger partial charge in [0.25, 0.3) is 0 Å². The maximum Gasteiger partial charge on any atom is 0.223 e. The van der Waals surface area contributed by atoms with Gasteiger partial charge in [-0.1, -0.05) is 55.7 Å². The molecule has 1 aliphatic carbocycles.